The molecular weight excluding hydrogens is 460 g/mol. The van der Waals surface area contributed by atoms with Crippen LogP contribution >= 0.6 is 15.9 Å². The van der Waals surface area contributed by atoms with Crippen molar-refractivity contribution in [3.05, 3.63) is 58.1 Å². The van der Waals surface area contributed by atoms with E-state index in [9.17, 15) is 14.4 Å². The summed E-state index contributed by atoms with van der Waals surface area (Å²) >= 11 is 3.32. The molecule has 2 aliphatic heterocycles. The molecule has 8 heteroatoms. The van der Waals surface area contributed by atoms with Gasteiger partial charge in [0.2, 0.25) is 5.91 Å². The third kappa shape index (κ3) is 4.65. The second-order valence-corrected chi connectivity index (χ2v) is 8.63. The van der Waals surface area contributed by atoms with Crippen molar-refractivity contribution in [1.29, 1.82) is 0 Å². The van der Waals surface area contributed by atoms with E-state index in [1.165, 1.54) is 0 Å². The fraction of sp³-hybridized carbons (Fsp3) is 0.348. The fourth-order valence-electron chi connectivity index (χ4n) is 3.98. The van der Waals surface area contributed by atoms with Gasteiger partial charge in [-0.25, -0.2) is 0 Å². The van der Waals surface area contributed by atoms with Gasteiger partial charge in [0.25, 0.3) is 11.8 Å². The molecule has 0 radical (unpaired) electrons. The Hall–Kier alpha value is -2.71. The Morgan fingerprint density at radius 2 is 1.65 bits per heavy atom. The predicted octanol–water partition coefficient (Wildman–Crippen LogP) is 3.22. The maximum atomic E-state index is 12.5. The number of likely N-dealkylation sites (N-methyl/N-ethyl adjacent to an activating group) is 1. The van der Waals surface area contributed by atoms with Crippen LogP contribution < -0.4 is 10.2 Å². The summed E-state index contributed by atoms with van der Waals surface area (Å²) in [6.07, 6.45) is 0.0490. The number of rotatable bonds is 6. The second kappa shape index (κ2) is 9.20. The van der Waals surface area contributed by atoms with Gasteiger partial charge in [0.15, 0.2) is 0 Å². The number of amides is 3. The SMILES string of the molecule is CCN1CCN(c2ccc(NC(=O)CCN3C(=O)c4ccc(Br)cc4C3=O)cc2)CC1. The fourth-order valence-corrected chi connectivity index (χ4v) is 4.34. The van der Waals surface area contributed by atoms with Gasteiger partial charge in [-0.15, -0.1) is 0 Å². The number of benzene rings is 2. The van der Waals surface area contributed by atoms with Crippen LogP contribution in [0.3, 0.4) is 0 Å². The van der Waals surface area contributed by atoms with Crippen molar-refractivity contribution in [3.63, 3.8) is 0 Å². The van der Waals surface area contributed by atoms with Gasteiger partial charge in [-0.1, -0.05) is 22.9 Å². The van der Waals surface area contributed by atoms with Crippen molar-refractivity contribution in [2.75, 3.05) is 49.5 Å². The first kappa shape index (κ1) is 21.5. The maximum Gasteiger partial charge on any atom is 0.261 e. The summed E-state index contributed by atoms with van der Waals surface area (Å²) in [6.45, 7) is 7.42. The van der Waals surface area contributed by atoms with Crippen molar-refractivity contribution in [2.45, 2.75) is 13.3 Å². The van der Waals surface area contributed by atoms with E-state index in [4.69, 9.17) is 0 Å². The van der Waals surface area contributed by atoms with Crippen molar-refractivity contribution < 1.29 is 14.4 Å². The first-order valence-electron chi connectivity index (χ1n) is 10.5. The van der Waals surface area contributed by atoms with Crippen LogP contribution in [0.1, 0.15) is 34.1 Å². The highest BCUT2D eigenvalue weighted by Crippen LogP contribution is 2.26. The van der Waals surface area contributed by atoms with E-state index < -0.39 is 0 Å². The molecule has 0 atom stereocenters. The lowest BCUT2D eigenvalue weighted by molar-refractivity contribution is -0.116. The molecule has 1 saturated heterocycles. The average Bonchev–Trinajstić information content (AvgIpc) is 3.02. The number of carbonyl (C=O) groups is 3. The number of nitrogens with zero attached hydrogens (tertiary/aromatic N) is 3. The molecule has 0 saturated carbocycles. The molecule has 0 spiro atoms. The van der Waals surface area contributed by atoms with Gasteiger partial charge in [0.05, 0.1) is 11.1 Å². The number of carbonyl (C=O) groups excluding carboxylic acids is 3. The summed E-state index contributed by atoms with van der Waals surface area (Å²) < 4.78 is 0.739. The quantitative estimate of drug-likeness (QED) is 0.637. The van der Waals surface area contributed by atoms with Crippen LogP contribution in [0.25, 0.3) is 0 Å². The van der Waals surface area contributed by atoms with Gasteiger partial charge in [0.1, 0.15) is 0 Å². The molecule has 162 valence electrons. The molecule has 31 heavy (non-hydrogen) atoms. The van der Waals surface area contributed by atoms with Gasteiger partial charge in [-0.05, 0) is 49.0 Å². The molecule has 0 unspecified atom stereocenters. The molecule has 2 aromatic rings. The molecule has 2 aliphatic rings. The number of halogens is 1. The van der Waals surface area contributed by atoms with Crippen molar-refractivity contribution in [2.24, 2.45) is 0 Å². The van der Waals surface area contributed by atoms with Crippen molar-refractivity contribution >= 4 is 45.0 Å². The van der Waals surface area contributed by atoms with Gasteiger partial charge < -0.3 is 15.1 Å². The lowest BCUT2D eigenvalue weighted by atomic mass is 10.1. The predicted molar refractivity (Wildman–Crippen MR) is 124 cm³/mol. The van der Waals surface area contributed by atoms with Crippen LogP contribution in [0, 0.1) is 0 Å². The lowest BCUT2D eigenvalue weighted by Crippen LogP contribution is -2.46. The van der Waals surface area contributed by atoms with Crippen LogP contribution in [-0.4, -0.2) is 66.8 Å². The van der Waals surface area contributed by atoms with E-state index in [0.717, 1.165) is 47.8 Å². The number of hydrogen-bond acceptors (Lipinski definition) is 5. The number of imide groups is 1. The molecule has 4 rings (SSSR count). The smallest absolute Gasteiger partial charge is 0.261 e. The highest BCUT2D eigenvalue weighted by Gasteiger charge is 2.35. The minimum atomic E-state index is -0.360. The Labute approximate surface area is 190 Å². The van der Waals surface area contributed by atoms with Gasteiger partial charge in [-0.3, -0.25) is 19.3 Å². The largest absolute Gasteiger partial charge is 0.369 e. The molecule has 1 fully saturated rings. The van der Waals surface area contributed by atoms with E-state index >= 15 is 0 Å². The highest BCUT2D eigenvalue weighted by atomic mass is 79.9. The Kier molecular flexibility index (Phi) is 6.38. The van der Waals surface area contributed by atoms with E-state index in [1.54, 1.807) is 18.2 Å². The van der Waals surface area contributed by atoms with Crippen LogP contribution in [-0.2, 0) is 4.79 Å². The third-order valence-corrected chi connectivity index (χ3v) is 6.32. The van der Waals surface area contributed by atoms with Gasteiger partial charge >= 0.3 is 0 Å². The minimum absolute atomic E-state index is 0.0490. The highest BCUT2D eigenvalue weighted by molar-refractivity contribution is 9.10. The third-order valence-electron chi connectivity index (χ3n) is 5.83. The second-order valence-electron chi connectivity index (χ2n) is 7.72. The van der Waals surface area contributed by atoms with Crippen LogP contribution in [0.4, 0.5) is 11.4 Å². The molecule has 0 aliphatic carbocycles. The summed E-state index contributed by atoms with van der Waals surface area (Å²) in [5.41, 5.74) is 2.59. The molecular formula is C23H25BrN4O3. The summed E-state index contributed by atoms with van der Waals surface area (Å²) in [4.78, 5) is 43.3. The van der Waals surface area contributed by atoms with E-state index in [2.05, 4.69) is 38.0 Å². The number of anilines is 2. The number of fused-ring (bicyclic) bond motifs is 1. The molecule has 1 N–H and O–H groups in total. The van der Waals surface area contributed by atoms with Crippen LogP contribution in [0.2, 0.25) is 0 Å². The Morgan fingerprint density at radius 1 is 0.968 bits per heavy atom. The molecule has 7 nitrogen and oxygen atoms in total. The number of piperazine rings is 1. The normalized spacial score (nSPS) is 16.6. The number of nitrogens with one attached hydrogen (secondary N) is 1. The van der Waals surface area contributed by atoms with E-state index in [-0.39, 0.29) is 30.7 Å². The molecule has 3 amide bonds. The van der Waals surface area contributed by atoms with Crippen LogP contribution in [0.5, 0.6) is 0 Å². The zero-order valence-electron chi connectivity index (χ0n) is 17.4. The maximum absolute atomic E-state index is 12.5. The van der Waals surface area contributed by atoms with Crippen molar-refractivity contribution in [1.82, 2.24) is 9.80 Å². The molecule has 2 heterocycles. The first-order valence-corrected chi connectivity index (χ1v) is 11.3. The topological polar surface area (TPSA) is 73.0 Å². The summed E-state index contributed by atoms with van der Waals surface area (Å²) in [5, 5.41) is 2.85. The summed E-state index contributed by atoms with van der Waals surface area (Å²) in [6, 6.07) is 12.8. The monoisotopic (exact) mass is 484 g/mol. The van der Waals surface area contributed by atoms with E-state index in [0.29, 0.717) is 16.8 Å². The van der Waals surface area contributed by atoms with Gasteiger partial charge in [0, 0.05) is 55.0 Å². The zero-order valence-corrected chi connectivity index (χ0v) is 19.0. The number of hydrogen-bond donors (Lipinski definition) is 1. The Bertz CT molecular complexity index is 1000. The molecule has 2 aromatic carbocycles. The minimum Gasteiger partial charge on any atom is -0.369 e. The summed E-state index contributed by atoms with van der Waals surface area (Å²) in [5.74, 6) is -0.948. The molecule has 0 bridgehead atoms. The van der Waals surface area contributed by atoms with E-state index in [1.807, 2.05) is 24.3 Å². The summed E-state index contributed by atoms with van der Waals surface area (Å²) in [7, 11) is 0. The first-order chi connectivity index (χ1) is 15.0. The van der Waals surface area contributed by atoms with Crippen molar-refractivity contribution in [3.8, 4) is 0 Å². The molecule has 0 aromatic heterocycles. The van der Waals surface area contributed by atoms with Crippen LogP contribution in [0.15, 0.2) is 46.9 Å². The Balaban J connectivity index is 1.30. The average molecular weight is 485 g/mol. The Morgan fingerprint density at radius 3 is 2.32 bits per heavy atom. The standard InChI is InChI=1S/C23H25BrN4O3/c1-2-26-11-13-27(14-12-26)18-6-4-17(5-7-18)25-21(29)9-10-28-22(30)19-8-3-16(24)15-20(19)23(28)31/h3-8,15H,2,9-14H2,1H3,(H,25,29). The lowest BCUT2D eigenvalue weighted by Gasteiger charge is -2.35. The van der Waals surface area contributed by atoms with Gasteiger partial charge in [-0.2, -0.15) is 0 Å². The zero-order chi connectivity index (χ0) is 22.0.